The number of ether oxygens (including phenoxy) is 1. The number of rotatable bonds is 4. The van der Waals surface area contributed by atoms with Crippen molar-refractivity contribution in [2.45, 2.75) is 0 Å². The van der Waals surface area contributed by atoms with Crippen molar-refractivity contribution >= 4 is 11.7 Å². The first-order valence-corrected chi connectivity index (χ1v) is 6.66. The summed E-state index contributed by atoms with van der Waals surface area (Å²) in [7, 11) is 1.53. The summed E-state index contributed by atoms with van der Waals surface area (Å²) in [5, 5.41) is 20.7. The van der Waals surface area contributed by atoms with Gasteiger partial charge in [-0.15, -0.1) is 5.10 Å². The van der Waals surface area contributed by atoms with Crippen LogP contribution in [0, 0.1) is 0 Å². The highest BCUT2D eigenvalue weighted by atomic mass is 16.5. The number of carboxylic acid groups (broad SMARTS) is 1. The van der Waals surface area contributed by atoms with Gasteiger partial charge in [0.15, 0.2) is 5.82 Å². The number of nitrogens with two attached hydrogens (primary N) is 1. The second-order valence-corrected chi connectivity index (χ2v) is 4.73. The molecule has 3 N–H and O–H groups in total. The van der Waals surface area contributed by atoms with Crippen molar-refractivity contribution in [2.75, 3.05) is 12.8 Å². The Balaban J connectivity index is 2.08. The van der Waals surface area contributed by atoms with Gasteiger partial charge in [0, 0.05) is 5.56 Å². The minimum Gasteiger partial charge on any atom is -0.495 e. The lowest BCUT2D eigenvalue weighted by molar-refractivity contribution is 0.0697. The Hall–Kier alpha value is -3.42. The number of nitrogen functional groups attached to an aromatic ring is 1. The van der Waals surface area contributed by atoms with Crippen molar-refractivity contribution < 1.29 is 14.6 Å². The van der Waals surface area contributed by atoms with Crippen LogP contribution in [0.5, 0.6) is 5.75 Å². The molecular formula is C15H13N5O3. The average Bonchev–Trinajstić information content (AvgIpc) is 3.04. The molecule has 0 radical (unpaired) electrons. The predicted molar refractivity (Wildman–Crippen MR) is 82.5 cm³/mol. The van der Waals surface area contributed by atoms with Crippen LogP contribution in [0.15, 0.2) is 42.5 Å². The van der Waals surface area contributed by atoms with Gasteiger partial charge in [-0.2, -0.15) is 4.68 Å². The van der Waals surface area contributed by atoms with E-state index < -0.39 is 5.97 Å². The van der Waals surface area contributed by atoms with Gasteiger partial charge in [-0.25, -0.2) is 4.79 Å². The number of anilines is 1. The number of carboxylic acids is 1. The molecule has 0 bridgehead atoms. The van der Waals surface area contributed by atoms with Gasteiger partial charge in [0.1, 0.15) is 5.75 Å². The Bertz CT molecular complexity index is 875. The van der Waals surface area contributed by atoms with Crippen LogP contribution >= 0.6 is 0 Å². The molecule has 0 aliphatic carbocycles. The number of aromatic carboxylic acids is 1. The Morgan fingerprint density at radius 2 is 2.09 bits per heavy atom. The summed E-state index contributed by atoms with van der Waals surface area (Å²) < 4.78 is 6.58. The van der Waals surface area contributed by atoms with Crippen LogP contribution in [-0.4, -0.2) is 38.4 Å². The highest BCUT2D eigenvalue weighted by molar-refractivity contribution is 5.88. The Labute approximate surface area is 131 Å². The average molecular weight is 311 g/mol. The molecular weight excluding hydrogens is 298 g/mol. The number of tetrazole rings is 1. The predicted octanol–water partition coefficient (Wildman–Crippen LogP) is 1.62. The number of aromatic nitrogens is 4. The van der Waals surface area contributed by atoms with E-state index >= 15 is 0 Å². The van der Waals surface area contributed by atoms with Crippen molar-refractivity contribution in [3.05, 3.63) is 48.0 Å². The number of hydrogen-bond donors (Lipinski definition) is 2. The van der Waals surface area contributed by atoms with E-state index in [-0.39, 0.29) is 5.56 Å². The molecule has 8 nitrogen and oxygen atoms in total. The highest BCUT2D eigenvalue weighted by Crippen LogP contribution is 2.28. The topological polar surface area (TPSA) is 116 Å². The third kappa shape index (κ3) is 2.69. The zero-order chi connectivity index (χ0) is 16.4. The summed E-state index contributed by atoms with van der Waals surface area (Å²) in [4.78, 5) is 11.1. The lowest BCUT2D eigenvalue weighted by Gasteiger charge is -2.08. The minimum absolute atomic E-state index is 0.151. The van der Waals surface area contributed by atoms with Gasteiger partial charge in [-0.3, -0.25) is 0 Å². The van der Waals surface area contributed by atoms with E-state index in [0.29, 0.717) is 28.5 Å². The van der Waals surface area contributed by atoms with Gasteiger partial charge >= 0.3 is 5.97 Å². The standard InChI is InChI=1S/C15H13N5O3/c1-23-13-6-5-9(8-12(13)16)14-17-18-19-20(14)11-4-2-3-10(7-11)15(21)22/h2-8H,16H2,1H3,(H,21,22). The van der Waals surface area contributed by atoms with E-state index in [2.05, 4.69) is 15.5 Å². The molecule has 0 amide bonds. The molecule has 0 aliphatic rings. The van der Waals surface area contributed by atoms with Crippen molar-refractivity contribution in [1.29, 1.82) is 0 Å². The minimum atomic E-state index is -1.02. The zero-order valence-corrected chi connectivity index (χ0v) is 12.2. The molecule has 3 rings (SSSR count). The fourth-order valence-electron chi connectivity index (χ4n) is 2.19. The largest absolute Gasteiger partial charge is 0.495 e. The third-order valence-corrected chi connectivity index (χ3v) is 3.30. The van der Waals surface area contributed by atoms with Gasteiger partial charge < -0.3 is 15.6 Å². The molecule has 0 saturated heterocycles. The molecule has 8 heteroatoms. The summed E-state index contributed by atoms with van der Waals surface area (Å²) >= 11 is 0. The fraction of sp³-hybridized carbons (Fsp3) is 0.0667. The van der Waals surface area contributed by atoms with Gasteiger partial charge in [-0.05, 0) is 46.8 Å². The van der Waals surface area contributed by atoms with Crippen LogP contribution in [0.3, 0.4) is 0 Å². The van der Waals surface area contributed by atoms with Gasteiger partial charge in [0.25, 0.3) is 0 Å². The second kappa shape index (κ2) is 5.76. The van der Waals surface area contributed by atoms with E-state index in [9.17, 15) is 4.79 Å². The van der Waals surface area contributed by atoms with Gasteiger partial charge in [0.05, 0.1) is 24.0 Å². The Kier molecular flexibility index (Phi) is 3.63. The maximum atomic E-state index is 11.1. The van der Waals surface area contributed by atoms with Crippen LogP contribution in [0.1, 0.15) is 10.4 Å². The summed E-state index contributed by atoms with van der Waals surface area (Å²) in [5.74, 6) is -0.0160. The lowest BCUT2D eigenvalue weighted by atomic mass is 10.1. The van der Waals surface area contributed by atoms with Crippen LogP contribution in [0.4, 0.5) is 5.69 Å². The molecule has 1 heterocycles. The molecule has 0 spiro atoms. The summed E-state index contributed by atoms with van der Waals surface area (Å²) in [5.41, 5.74) is 7.75. The first-order chi connectivity index (χ1) is 11.1. The van der Waals surface area contributed by atoms with Gasteiger partial charge in [0.2, 0.25) is 0 Å². The number of hydrogen-bond acceptors (Lipinski definition) is 6. The molecule has 0 fully saturated rings. The number of benzene rings is 2. The first-order valence-electron chi connectivity index (χ1n) is 6.66. The second-order valence-electron chi connectivity index (χ2n) is 4.73. The quantitative estimate of drug-likeness (QED) is 0.703. The van der Waals surface area contributed by atoms with Crippen molar-refractivity contribution in [3.63, 3.8) is 0 Å². The van der Waals surface area contributed by atoms with Crippen LogP contribution in [-0.2, 0) is 0 Å². The zero-order valence-electron chi connectivity index (χ0n) is 12.2. The molecule has 2 aromatic carbocycles. The Morgan fingerprint density at radius 3 is 2.78 bits per heavy atom. The van der Waals surface area contributed by atoms with Crippen LogP contribution in [0.25, 0.3) is 17.1 Å². The number of nitrogens with zero attached hydrogens (tertiary/aromatic N) is 4. The number of methoxy groups -OCH3 is 1. The summed E-state index contributed by atoms with van der Waals surface area (Å²) in [6, 6.07) is 11.5. The van der Waals surface area contributed by atoms with E-state index in [1.54, 1.807) is 30.3 Å². The summed E-state index contributed by atoms with van der Waals surface area (Å²) in [6.45, 7) is 0. The highest BCUT2D eigenvalue weighted by Gasteiger charge is 2.14. The maximum absolute atomic E-state index is 11.1. The van der Waals surface area contributed by atoms with Crippen molar-refractivity contribution in [2.24, 2.45) is 0 Å². The first kappa shape index (κ1) is 14.5. The molecule has 0 saturated carbocycles. The normalized spacial score (nSPS) is 10.5. The molecule has 116 valence electrons. The van der Waals surface area contributed by atoms with Crippen LogP contribution in [0.2, 0.25) is 0 Å². The summed E-state index contributed by atoms with van der Waals surface area (Å²) in [6.07, 6.45) is 0. The van der Waals surface area contributed by atoms with E-state index in [1.165, 1.54) is 23.9 Å². The lowest BCUT2D eigenvalue weighted by Crippen LogP contribution is -2.03. The van der Waals surface area contributed by atoms with Gasteiger partial charge in [-0.1, -0.05) is 6.07 Å². The molecule has 0 unspecified atom stereocenters. The van der Waals surface area contributed by atoms with Crippen molar-refractivity contribution in [3.8, 4) is 22.8 Å². The Morgan fingerprint density at radius 1 is 1.26 bits per heavy atom. The fourth-order valence-corrected chi connectivity index (χ4v) is 2.19. The van der Waals surface area contributed by atoms with Crippen LogP contribution < -0.4 is 10.5 Å². The maximum Gasteiger partial charge on any atom is 0.335 e. The molecule has 0 aliphatic heterocycles. The van der Waals surface area contributed by atoms with E-state index in [0.717, 1.165) is 0 Å². The molecule has 0 atom stereocenters. The molecule has 3 aromatic rings. The molecule has 23 heavy (non-hydrogen) atoms. The SMILES string of the molecule is COc1ccc(-c2nnnn2-c2cccc(C(=O)O)c2)cc1N. The number of carbonyl (C=O) groups is 1. The van der Waals surface area contributed by atoms with E-state index in [1.807, 2.05) is 0 Å². The third-order valence-electron chi connectivity index (χ3n) is 3.30. The monoisotopic (exact) mass is 311 g/mol. The van der Waals surface area contributed by atoms with E-state index in [4.69, 9.17) is 15.6 Å². The van der Waals surface area contributed by atoms with Crippen molar-refractivity contribution in [1.82, 2.24) is 20.2 Å². The smallest absolute Gasteiger partial charge is 0.335 e. The molecule has 1 aromatic heterocycles.